The van der Waals surface area contributed by atoms with E-state index in [0.29, 0.717) is 25.3 Å². The molecule has 0 radical (unpaired) electrons. The summed E-state index contributed by atoms with van der Waals surface area (Å²) in [5, 5.41) is 3.02. The topological polar surface area (TPSA) is 71.1 Å². The summed E-state index contributed by atoms with van der Waals surface area (Å²) >= 11 is 0. The lowest BCUT2D eigenvalue weighted by Gasteiger charge is -2.35. The molecule has 0 aliphatic carbocycles. The third-order valence-corrected chi connectivity index (χ3v) is 5.12. The first-order valence-electron chi connectivity index (χ1n) is 10.1. The number of ether oxygens (including phenoxy) is 2. The highest BCUT2D eigenvalue weighted by Crippen LogP contribution is 2.24. The fourth-order valence-corrected chi connectivity index (χ4v) is 3.52. The molecule has 2 aromatic carbocycles. The van der Waals surface area contributed by atoms with E-state index in [2.05, 4.69) is 39.4 Å². The van der Waals surface area contributed by atoms with E-state index in [4.69, 9.17) is 9.47 Å². The second-order valence-corrected chi connectivity index (χ2v) is 7.45. The summed E-state index contributed by atoms with van der Waals surface area (Å²) in [5.74, 6) is -0.460. The summed E-state index contributed by atoms with van der Waals surface area (Å²) in [6, 6.07) is 15.2. The number of hydrogen-bond acceptors (Lipinski definition) is 6. The van der Waals surface area contributed by atoms with Crippen molar-refractivity contribution < 1.29 is 19.1 Å². The van der Waals surface area contributed by atoms with Gasteiger partial charge < -0.3 is 19.7 Å². The fourth-order valence-electron chi connectivity index (χ4n) is 3.52. The Balaban J connectivity index is 1.77. The maximum absolute atomic E-state index is 12.9. The number of amides is 1. The summed E-state index contributed by atoms with van der Waals surface area (Å²) in [5.41, 5.74) is 2.60. The average Bonchev–Trinajstić information content (AvgIpc) is 2.75. The van der Waals surface area contributed by atoms with Crippen LogP contribution in [0.1, 0.15) is 28.9 Å². The molecule has 3 rings (SSSR count). The Bertz CT molecular complexity index is 861. The zero-order chi connectivity index (χ0) is 21.5. The highest BCUT2D eigenvalue weighted by atomic mass is 16.5. The van der Waals surface area contributed by atoms with Crippen molar-refractivity contribution >= 4 is 17.6 Å². The quantitative estimate of drug-likeness (QED) is 0.558. The maximum Gasteiger partial charge on any atom is 0.308 e. The molecule has 0 aromatic heterocycles. The van der Waals surface area contributed by atoms with Crippen LogP contribution >= 0.6 is 0 Å². The van der Waals surface area contributed by atoms with Crippen molar-refractivity contribution in [2.24, 2.45) is 0 Å². The number of carbonyl (C=O) groups excluding carboxylic acids is 2. The van der Waals surface area contributed by atoms with E-state index in [0.717, 1.165) is 24.3 Å². The van der Waals surface area contributed by atoms with E-state index in [1.807, 2.05) is 14.1 Å². The zero-order valence-electron chi connectivity index (χ0n) is 17.8. The van der Waals surface area contributed by atoms with E-state index in [1.165, 1.54) is 6.92 Å². The molecule has 1 N–H and O–H groups in total. The Hall–Kier alpha value is -2.90. The van der Waals surface area contributed by atoms with Crippen LogP contribution in [0, 0.1) is 0 Å². The molecule has 1 heterocycles. The molecule has 0 saturated carbocycles. The van der Waals surface area contributed by atoms with Crippen molar-refractivity contribution in [3.05, 3.63) is 59.7 Å². The first-order chi connectivity index (χ1) is 14.5. The predicted octanol–water partition coefficient (Wildman–Crippen LogP) is 2.48. The van der Waals surface area contributed by atoms with Crippen LogP contribution in [0.3, 0.4) is 0 Å². The van der Waals surface area contributed by atoms with E-state index < -0.39 is 5.97 Å². The van der Waals surface area contributed by atoms with Gasteiger partial charge in [0.15, 0.2) is 0 Å². The second kappa shape index (κ2) is 10.2. The summed E-state index contributed by atoms with van der Waals surface area (Å²) < 4.78 is 10.7. The molecule has 30 heavy (non-hydrogen) atoms. The molecule has 0 unspecified atom stereocenters. The van der Waals surface area contributed by atoms with Crippen LogP contribution in [0.25, 0.3) is 0 Å². The normalized spacial score (nSPS) is 15.3. The number of rotatable bonds is 7. The molecule has 1 atom stereocenters. The largest absolute Gasteiger partial charge is 0.426 e. The van der Waals surface area contributed by atoms with Gasteiger partial charge in [-0.15, -0.1) is 0 Å². The Kier molecular flexibility index (Phi) is 7.43. The van der Waals surface area contributed by atoms with E-state index in [-0.39, 0.29) is 17.7 Å². The van der Waals surface area contributed by atoms with E-state index in [1.54, 1.807) is 24.3 Å². The second-order valence-electron chi connectivity index (χ2n) is 7.45. The van der Waals surface area contributed by atoms with Crippen LogP contribution in [-0.2, 0) is 9.53 Å². The number of para-hydroxylation sites is 1. The van der Waals surface area contributed by atoms with Gasteiger partial charge in [0.25, 0.3) is 5.91 Å². The van der Waals surface area contributed by atoms with Gasteiger partial charge in [-0.3, -0.25) is 14.5 Å². The van der Waals surface area contributed by atoms with Crippen LogP contribution in [0.5, 0.6) is 5.75 Å². The van der Waals surface area contributed by atoms with Gasteiger partial charge in [0.1, 0.15) is 5.75 Å². The van der Waals surface area contributed by atoms with Crippen molar-refractivity contribution in [2.75, 3.05) is 51.8 Å². The Morgan fingerprint density at radius 1 is 1.10 bits per heavy atom. The molecule has 7 nitrogen and oxygen atoms in total. The number of esters is 1. The van der Waals surface area contributed by atoms with Gasteiger partial charge in [-0.1, -0.05) is 24.3 Å². The first-order valence-corrected chi connectivity index (χ1v) is 10.1. The van der Waals surface area contributed by atoms with Crippen molar-refractivity contribution in [1.29, 1.82) is 0 Å². The van der Waals surface area contributed by atoms with Crippen LogP contribution in [0.15, 0.2) is 48.5 Å². The van der Waals surface area contributed by atoms with Gasteiger partial charge in [-0.25, -0.2) is 0 Å². The van der Waals surface area contributed by atoms with Crippen LogP contribution < -0.4 is 15.0 Å². The van der Waals surface area contributed by atoms with Crippen LogP contribution in [0.4, 0.5) is 5.69 Å². The molecule has 1 amide bonds. The number of nitrogens with one attached hydrogen (secondary N) is 1. The number of morpholine rings is 1. The minimum Gasteiger partial charge on any atom is -0.426 e. The number of nitrogens with zero attached hydrogens (tertiary/aromatic N) is 2. The van der Waals surface area contributed by atoms with Gasteiger partial charge in [0.05, 0.1) is 24.8 Å². The summed E-state index contributed by atoms with van der Waals surface area (Å²) in [6.07, 6.45) is 0. The molecule has 2 aromatic rings. The lowest BCUT2D eigenvalue weighted by atomic mass is 10.0. The molecule has 1 saturated heterocycles. The minimum absolute atomic E-state index is 0.0231. The average molecular weight is 412 g/mol. The standard InChI is InChI=1S/C23H29N3O4/c1-17(27)30-22-7-5-4-6-20(22)23(28)24-16-21(26-12-14-29-15-13-26)18-8-10-19(11-9-18)25(2)3/h4-11,21H,12-16H2,1-3H3,(H,24,28)/t21-/m1/s1. The smallest absolute Gasteiger partial charge is 0.308 e. The number of anilines is 1. The molecule has 1 fully saturated rings. The van der Waals surface area contributed by atoms with Gasteiger partial charge >= 0.3 is 5.97 Å². The third kappa shape index (κ3) is 5.58. The highest BCUT2D eigenvalue weighted by molar-refractivity contribution is 5.97. The monoisotopic (exact) mass is 411 g/mol. The Labute approximate surface area is 177 Å². The van der Waals surface area contributed by atoms with Crippen molar-refractivity contribution in [1.82, 2.24) is 10.2 Å². The molecular formula is C23H29N3O4. The lowest BCUT2D eigenvalue weighted by Crippen LogP contribution is -2.43. The molecule has 7 heteroatoms. The zero-order valence-corrected chi connectivity index (χ0v) is 17.8. The van der Waals surface area contributed by atoms with E-state index >= 15 is 0 Å². The van der Waals surface area contributed by atoms with Crippen LogP contribution in [-0.4, -0.2) is 63.7 Å². The van der Waals surface area contributed by atoms with Crippen molar-refractivity contribution in [3.8, 4) is 5.75 Å². The predicted molar refractivity (Wildman–Crippen MR) is 116 cm³/mol. The van der Waals surface area contributed by atoms with Crippen LogP contribution in [0.2, 0.25) is 0 Å². The molecule has 0 spiro atoms. The van der Waals surface area contributed by atoms with Crippen molar-refractivity contribution in [2.45, 2.75) is 13.0 Å². The number of hydrogen-bond donors (Lipinski definition) is 1. The molecule has 0 bridgehead atoms. The summed E-state index contributed by atoms with van der Waals surface area (Å²) in [6.45, 7) is 4.72. The molecule has 1 aliphatic rings. The fraction of sp³-hybridized carbons (Fsp3) is 0.391. The Morgan fingerprint density at radius 2 is 1.77 bits per heavy atom. The number of carbonyl (C=O) groups is 2. The summed E-state index contributed by atoms with van der Waals surface area (Å²) in [7, 11) is 4.02. The maximum atomic E-state index is 12.9. The van der Waals surface area contributed by atoms with Crippen molar-refractivity contribution in [3.63, 3.8) is 0 Å². The minimum atomic E-state index is -0.456. The summed E-state index contributed by atoms with van der Waals surface area (Å²) in [4.78, 5) is 28.6. The van der Waals surface area contributed by atoms with Gasteiger partial charge in [0, 0.05) is 46.3 Å². The van der Waals surface area contributed by atoms with Gasteiger partial charge in [0.2, 0.25) is 0 Å². The highest BCUT2D eigenvalue weighted by Gasteiger charge is 2.24. The molecule has 1 aliphatic heterocycles. The lowest BCUT2D eigenvalue weighted by molar-refractivity contribution is -0.131. The first kappa shape index (κ1) is 21.8. The SMILES string of the molecule is CC(=O)Oc1ccccc1C(=O)NC[C@H](c1ccc(N(C)C)cc1)N1CCOCC1. The molecule has 160 valence electrons. The Morgan fingerprint density at radius 3 is 2.40 bits per heavy atom. The number of benzene rings is 2. The van der Waals surface area contributed by atoms with Gasteiger partial charge in [-0.05, 0) is 29.8 Å². The van der Waals surface area contributed by atoms with E-state index in [9.17, 15) is 9.59 Å². The van der Waals surface area contributed by atoms with Gasteiger partial charge in [-0.2, -0.15) is 0 Å². The molecular weight excluding hydrogens is 382 g/mol. The third-order valence-electron chi connectivity index (χ3n) is 5.12.